The number of carbonyl (C=O) groups is 1. The molecule has 1 fully saturated rings. The third-order valence-corrected chi connectivity index (χ3v) is 4.63. The van der Waals surface area contributed by atoms with Crippen molar-refractivity contribution < 1.29 is 9.53 Å². The molecule has 0 aromatic rings. The second kappa shape index (κ2) is 3.84. The highest BCUT2D eigenvalue weighted by Crippen LogP contribution is 2.48. The Balaban J connectivity index is 2.01. The highest BCUT2D eigenvalue weighted by atomic mass is 16.5. The first kappa shape index (κ1) is 11.3. The summed E-state index contributed by atoms with van der Waals surface area (Å²) in [5.74, 6) is 1.83. The summed E-state index contributed by atoms with van der Waals surface area (Å²) in [5.41, 5.74) is 0.924. The van der Waals surface area contributed by atoms with Crippen molar-refractivity contribution in [3.63, 3.8) is 0 Å². The predicted molar refractivity (Wildman–Crippen MR) is 65.3 cm³/mol. The van der Waals surface area contributed by atoms with Crippen LogP contribution in [0.2, 0.25) is 0 Å². The van der Waals surface area contributed by atoms with Crippen LogP contribution in [0.1, 0.15) is 44.9 Å². The van der Waals surface area contributed by atoms with E-state index in [9.17, 15) is 4.79 Å². The van der Waals surface area contributed by atoms with Crippen molar-refractivity contribution in [3.05, 3.63) is 11.3 Å². The van der Waals surface area contributed by atoms with Gasteiger partial charge in [0.25, 0.3) is 0 Å². The maximum Gasteiger partial charge on any atom is 0.163 e. The molecule has 0 radical (unpaired) electrons. The quantitative estimate of drug-likeness (QED) is 0.699. The fourth-order valence-corrected chi connectivity index (χ4v) is 3.68. The molecule has 3 aliphatic rings. The van der Waals surface area contributed by atoms with Crippen LogP contribution in [-0.4, -0.2) is 30.5 Å². The number of fused-ring (bicyclic) bond motifs is 3. The van der Waals surface area contributed by atoms with Gasteiger partial charge in [0.1, 0.15) is 5.76 Å². The number of Topliss-reactive ketones (excluding diaryl/α,β-unsaturated/α-hetero) is 1. The summed E-state index contributed by atoms with van der Waals surface area (Å²) in [6.45, 7) is 0. The molecule has 0 unspecified atom stereocenters. The highest BCUT2D eigenvalue weighted by Gasteiger charge is 2.48. The Morgan fingerprint density at radius 2 is 2.12 bits per heavy atom. The van der Waals surface area contributed by atoms with Gasteiger partial charge in [0.05, 0.1) is 0 Å². The molecule has 3 rings (SSSR count). The molecule has 3 nitrogen and oxygen atoms in total. The van der Waals surface area contributed by atoms with E-state index in [0.717, 1.165) is 43.4 Å². The number of rotatable bonds is 1. The van der Waals surface area contributed by atoms with Gasteiger partial charge in [-0.2, -0.15) is 0 Å². The molecule has 2 aliphatic carbocycles. The number of hydrogen-bond donors (Lipinski definition) is 0. The Labute approximate surface area is 103 Å². The fourth-order valence-electron chi connectivity index (χ4n) is 3.68. The summed E-state index contributed by atoms with van der Waals surface area (Å²) in [4.78, 5) is 14.3. The van der Waals surface area contributed by atoms with E-state index in [1.54, 1.807) is 0 Å². The molecule has 0 saturated heterocycles. The number of hydrogen-bond acceptors (Lipinski definition) is 3. The van der Waals surface area contributed by atoms with Crippen LogP contribution >= 0.6 is 0 Å². The molecule has 2 atom stereocenters. The van der Waals surface area contributed by atoms with Crippen LogP contribution in [0.4, 0.5) is 0 Å². The third-order valence-electron chi connectivity index (χ3n) is 4.63. The Hall–Kier alpha value is -0.830. The first-order valence-electron chi connectivity index (χ1n) is 6.75. The van der Waals surface area contributed by atoms with Crippen LogP contribution < -0.4 is 0 Å². The zero-order valence-corrected chi connectivity index (χ0v) is 10.8. The normalized spacial score (nSPS) is 36.9. The van der Waals surface area contributed by atoms with Gasteiger partial charge in [-0.25, -0.2) is 0 Å². The van der Waals surface area contributed by atoms with Gasteiger partial charge in [-0.3, -0.25) is 9.69 Å². The molecular weight excluding hydrogens is 214 g/mol. The first-order valence-corrected chi connectivity index (χ1v) is 6.75. The largest absolute Gasteiger partial charge is 0.476 e. The van der Waals surface area contributed by atoms with Gasteiger partial charge in [-0.1, -0.05) is 0 Å². The number of allylic oxidation sites excluding steroid dienone is 2. The average molecular weight is 235 g/mol. The third kappa shape index (κ3) is 1.63. The number of ketones is 1. The monoisotopic (exact) mass is 235 g/mol. The number of nitrogens with zero attached hydrogens (tertiary/aromatic N) is 1. The maximum atomic E-state index is 12.1. The molecule has 0 spiro atoms. The maximum absolute atomic E-state index is 12.1. The Kier molecular flexibility index (Phi) is 2.54. The van der Waals surface area contributed by atoms with Gasteiger partial charge >= 0.3 is 0 Å². The smallest absolute Gasteiger partial charge is 0.163 e. The lowest BCUT2D eigenvalue weighted by Gasteiger charge is -2.50. The summed E-state index contributed by atoms with van der Waals surface area (Å²) in [5, 5.41) is 0. The zero-order valence-electron chi connectivity index (χ0n) is 10.8. The summed E-state index contributed by atoms with van der Waals surface area (Å²) in [6, 6.07) is 0. The lowest BCUT2D eigenvalue weighted by Crippen LogP contribution is -2.53. The van der Waals surface area contributed by atoms with Crippen molar-refractivity contribution >= 4 is 5.78 Å². The van der Waals surface area contributed by atoms with Crippen molar-refractivity contribution in [2.75, 3.05) is 14.1 Å². The molecular formula is C14H21NO2. The van der Waals surface area contributed by atoms with E-state index in [-0.39, 0.29) is 5.72 Å². The summed E-state index contributed by atoms with van der Waals surface area (Å²) < 4.78 is 6.27. The van der Waals surface area contributed by atoms with E-state index in [4.69, 9.17) is 4.74 Å². The van der Waals surface area contributed by atoms with Crippen molar-refractivity contribution in [2.24, 2.45) is 5.92 Å². The van der Waals surface area contributed by atoms with E-state index in [1.165, 1.54) is 12.8 Å². The second-order valence-corrected chi connectivity index (χ2v) is 5.85. The van der Waals surface area contributed by atoms with Crippen molar-refractivity contribution in [1.29, 1.82) is 0 Å². The predicted octanol–water partition coefficient (Wildman–Crippen LogP) is 2.47. The van der Waals surface area contributed by atoms with Crippen LogP contribution in [-0.2, 0) is 9.53 Å². The SMILES string of the molecule is CN(C)[C@@]12CCC[C@H](C1)C1=C(CCCC1=O)O2. The van der Waals surface area contributed by atoms with Gasteiger partial charge in [-0.15, -0.1) is 0 Å². The van der Waals surface area contributed by atoms with Crippen LogP contribution in [0.3, 0.4) is 0 Å². The van der Waals surface area contributed by atoms with Crippen molar-refractivity contribution in [1.82, 2.24) is 4.90 Å². The van der Waals surface area contributed by atoms with Crippen molar-refractivity contribution in [2.45, 2.75) is 50.7 Å². The average Bonchev–Trinajstić information content (AvgIpc) is 2.28. The first-order chi connectivity index (χ1) is 8.12. The number of carbonyl (C=O) groups excluding carboxylic acids is 1. The molecule has 1 aliphatic heterocycles. The molecule has 0 aromatic carbocycles. The molecule has 1 saturated carbocycles. The standard InChI is InChI=1S/C14H21NO2/c1-15(2)14-8-4-5-10(9-14)13-11(16)6-3-7-12(13)17-14/h10H,3-9H2,1-2H3/t10-,14-/m1/s1. The molecule has 0 N–H and O–H groups in total. The van der Waals surface area contributed by atoms with Crippen molar-refractivity contribution in [3.8, 4) is 0 Å². The Morgan fingerprint density at radius 3 is 2.88 bits per heavy atom. The molecule has 0 amide bonds. The molecule has 1 heterocycles. The van der Waals surface area contributed by atoms with E-state index in [1.807, 2.05) is 0 Å². The number of ether oxygens (including phenoxy) is 1. The van der Waals surface area contributed by atoms with Crippen LogP contribution in [0, 0.1) is 5.92 Å². The van der Waals surface area contributed by atoms with Crippen LogP contribution in [0.5, 0.6) is 0 Å². The highest BCUT2D eigenvalue weighted by molar-refractivity contribution is 5.97. The minimum absolute atomic E-state index is 0.126. The minimum Gasteiger partial charge on any atom is -0.476 e. The summed E-state index contributed by atoms with van der Waals surface area (Å²) in [7, 11) is 4.19. The van der Waals surface area contributed by atoms with E-state index in [2.05, 4.69) is 19.0 Å². The van der Waals surface area contributed by atoms with Gasteiger partial charge in [-0.05, 0) is 39.3 Å². The summed E-state index contributed by atoms with van der Waals surface area (Å²) >= 11 is 0. The van der Waals surface area contributed by atoms with E-state index >= 15 is 0 Å². The Morgan fingerprint density at radius 1 is 1.29 bits per heavy atom. The second-order valence-electron chi connectivity index (χ2n) is 5.85. The van der Waals surface area contributed by atoms with Gasteiger partial charge < -0.3 is 4.74 Å². The van der Waals surface area contributed by atoms with E-state index in [0.29, 0.717) is 11.7 Å². The van der Waals surface area contributed by atoms with Gasteiger partial charge in [0.15, 0.2) is 11.5 Å². The minimum atomic E-state index is -0.126. The molecule has 94 valence electrons. The van der Waals surface area contributed by atoms with E-state index < -0.39 is 0 Å². The zero-order chi connectivity index (χ0) is 12.0. The molecule has 3 heteroatoms. The van der Waals surface area contributed by atoms with Crippen LogP contribution in [0.15, 0.2) is 11.3 Å². The Bertz CT molecular complexity index is 386. The molecule has 2 bridgehead atoms. The lowest BCUT2D eigenvalue weighted by molar-refractivity contribution is -0.157. The molecule has 0 aromatic heterocycles. The summed E-state index contributed by atoms with van der Waals surface area (Å²) in [6.07, 6.45) is 7.11. The fraction of sp³-hybridized carbons (Fsp3) is 0.786. The lowest BCUT2D eigenvalue weighted by atomic mass is 9.72. The topological polar surface area (TPSA) is 29.5 Å². The molecule has 17 heavy (non-hydrogen) atoms. The van der Waals surface area contributed by atoms with Gasteiger partial charge in [0.2, 0.25) is 0 Å². The van der Waals surface area contributed by atoms with Crippen LogP contribution in [0.25, 0.3) is 0 Å². The van der Waals surface area contributed by atoms with Gasteiger partial charge in [0, 0.05) is 31.3 Å².